The topological polar surface area (TPSA) is 0 Å². The molecular weight excluding hydrogens is 384 g/mol. The maximum Gasteiger partial charge on any atom is -0.00201 e. The Hall–Kier alpha value is -4.16. The van der Waals surface area contributed by atoms with Crippen LogP contribution in [0.2, 0.25) is 0 Å². The van der Waals surface area contributed by atoms with Gasteiger partial charge in [0.2, 0.25) is 0 Å². The molecule has 0 aliphatic heterocycles. The average molecular weight is 402 g/mol. The summed E-state index contributed by atoms with van der Waals surface area (Å²) in [6, 6.07) is 40.7. The molecule has 8 aromatic carbocycles. The zero-order valence-corrected chi connectivity index (χ0v) is 17.4. The van der Waals surface area contributed by atoms with Gasteiger partial charge in [0.15, 0.2) is 0 Å². The maximum atomic E-state index is 2.37. The van der Waals surface area contributed by atoms with Crippen molar-refractivity contribution < 1.29 is 0 Å². The molecule has 0 N–H and O–H groups in total. The SMILES string of the molecule is c1ccc2cc3c(cc2c1)cc1ccc2cc4cc5ccccc5cc4c4ccc3c1c24. The van der Waals surface area contributed by atoms with E-state index in [1.54, 1.807) is 0 Å². The Morgan fingerprint density at radius 2 is 0.625 bits per heavy atom. The Bertz CT molecular complexity index is 1880. The van der Waals surface area contributed by atoms with Crippen molar-refractivity contribution in [3.63, 3.8) is 0 Å². The highest BCUT2D eigenvalue weighted by atomic mass is 14.2. The largest absolute Gasteiger partial charge is 0.0616 e. The van der Waals surface area contributed by atoms with E-state index < -0.39 is 0 Å². The molecule has 8 aromatic rings. The lowest BCUT2D eigenvalue weighted by Crippen LogP contribution is -1.88. The second-order valence-electron chi connectivity index (χ2n) is 9.02. The Kier molecular flexibility index (Phi) is 2.97. The minimum atomic E-state index is 1.30. The normalized spacial score (nSPS) is 12.4. The predicted octanol–water partition coefficient (Wildman–Crippen LogP) is 9.20. The van der Waals surface area contributed by atoms with Crippen molar-refractivity contribution in [3.8, 4) is 0 Å². The first kappa shape index (κ1) is 16.5. The van der Waals surface area contributed by atoms with Crippen molar-refractivity contribution >= 4 is 75.4 Å². The zero-order valence-electron chi connectivity index (χ0n) is 17.4. The maximum absolute atomic E-state index is 2.37. The van der Waals surface area contributed by atoms with Gasteiger partial charge < -0.3 is 0 Å². The highest BCUT2D eigenvalue weighted by Crippen LogP contribution is 2.42. The van der Waals surface area contributed by atoms with E-state index in [0.29, 0.717) is 0 Å². The van der Waals surface area contributed by atoms with Crippen LogP contribution in [0.1, 0.15) is 0 Å². The van der Waals surface area contributed by atoms with E-state index in [0.717, 1.165) is 0 Å². The van der Waals surface area contributed by atoms with E-state index in [9.17, 15) is 0 Å². The third-order valence-electron chi connectivity index (χ3n) is 7.26. The molecule has 0 amide bonds. The lowest BCUT2D eigenvalue weighted by molar-refractivity contribution is 1.79. The van der Waals surface area contributed by atoms with Gasteiger partial charge in [-0.05, 0) is 112 Å². The molecule has 0 atom stereocenters. The van der Waals surface area contributed by atoms with Gasteiger partial charge in [-0.2, -0.15) is 0 Å². The third kappa shape index (κ3) is 2.07. The van der Waals surface area contributed by atoms with Gasteiger partial charge in [0, 0.05) is 0 Å². The van der Waals surface area contributed by atoms with E-state index in [-0.39, 0.29) is 0 Å². The van der Waals surface area contributed by atoms with Gasteiger partial charge in [0.05, 0.1) is 0 Å². The van der Waals surface area contributed by atoms with E-state index >= 15 is 0 Å². The van der Waals surface area contributed by atoms with Crippen LogP contribution in [0.5, 0.6) is 0 Å². The second kappa shape index (κ2) is 5.75. The van der Waals surface area contributed by atoms with Gasteiger partial charge in [-0.15, -0.1) is 0 Å². The summed E-state index contributed by atoms with van der Waals surface area (Å²) in [6.45, 7) is 0. The molecule has 0 aliphatic rings. The summed E-state index contributed by atoms with van der Waals surface area (Å²) in [6.07, 6.45) is 0. The Balaban J connectivity index is 1.61. The van der Waals surface area contributed by atoms with Crippen molar-refractivity contribution in [1.29, 1.82) is 0 Å². The molecule has 0 aromatic heterocycles. The molecule has 0 unspecified atom stereocenters. The highest BCUT2D eigenvalue weighted by Gasteiger charge is 2.14. The van der Waals surface area contributed by atoms with Crippen molar-refractivity contribution in [2.45, 2.75) is 0 Å². The molecule has 0 heterocycles. The lowest BCUT2D eigenvalue weighted by Gasteiger charge is -2.16. The molecule has 0 aliphatic carbocycles. The summed E-state index contributed by atoms with van der Waals surface area (Å²) in [5, 5.41) is 18.6. The van der Waals surface area contributed by atoms with Crippen molar-refractivity contribution in [1.82, 2.24) is 0 Å². The standard InChI is InChI=1S/C32H18/c1-3-7-21-17-29-25(13-19(21)5-1)15-23-9-10-24-16-26-14-20-6-2-4-8-22(20)18-30(26)28-12-11-27(29)31(23)32(24)28/h1-18H. The van der Waals surface area contributed by atoms with Crippen LogP contribution in [0.4, 0.5) is 0 Å². The summed E-state index contributed by atoms with van der Waals surface area (Å²) in [7, 11) is 0. The molecule has 0 radical (unpaired) electrons. The van der Waals surface area contributed by atoms with Crippen LogP contribution in [-0.4, -0.2) is 0 Å². The fourth-order valence-corrected chi connectivity index (χ4v) is 5.79. The summed E-state index contributed by atoms with van der Waals surface area (Å²) < 4.78 is 0. The van der Waals surface area contributed by atoms with Crippen LogP contribution in [-0.2, 0) is 0 Å². The Morgan fingerprint density at radius 1 is 0.250 bits per heavy atom. The molecule has 0 nitrogen and oxygen atoms in total. The number of benzene rings is 8. The molecule has 0 fully saturated rings. The third-order valence-corrected chi connectivity index (χ3v) is 7.26. The van der Waals surface area contributed by atoms with E-state index in [4.69, 9.17) is 0 Å². The van der Waals surface area contributed by atoms with Crippen LogP contribution in [0.15, 0.2) is 109 Å². The molecule has 8 rings (SSSR count). The quantitative estimate of drug-likeness (QED) is 0.175. The molecular formula is C32H18. The van der Waals surface area contributed by atoms with Crippen molar-refractivity contribution in [3.05, 3.63) is 109 Å². The second-order valence-corrected chi connectivity index (χ2v) is 9.02. The summed E-state index contributed by atoms with van der Waals surface area (Å²) in [5.74, 6) is 0. The fraction of sp³-hybridized carbons (Fsp3) is 0. The Labute approximate surface area is 184 Å². The fourth-order valence-electron chi connectivity index (χ4n) is 5.79. The molecule has 0 heteroatoms. The summed E-state index contributed by atoms with van der Waals surface area (Å²) >= 11 is 0. The van der Waals surface area contributed by atoms with E-state index in [1.165, 1.54) is 75.4 Å². The van der Waals surface area contributed by atoms with Gasteiger partial charge >= 0.3 is 0 Å². The highest BCUT2D eigenvalue weighted by molar-refractivity contribution is 6.33. The smallest absolute Gasteiger partial charge is 0.00201 e. The van der Waals surface area contributed by atoms with Crippen LogP contribution in [0.25, 0.3) is 75.4 Å². The van der Waals surface area contributed by atoms with Crippen LogP contribution >= 0.6 is 0 Å². The molecule has 0 saturated carbocycles. The van der Waals surface area contributed by atoms with Gasteiger partial charge in [0.25, 0.3) is 0 Å². The number of hydrogen-bond acceptors (Lipinski definition) is 0. The first-order valence-corrected chi connectivity index (χ1v) is 11.2. The van der Waals surface area contributed by atoms with Crippen molar-refractivity contribution in [2.75, 3.05) is 0 Å². The van der Waals surface area contributed by atoms with Gasteiger partial charge in [-0.1, -0.05) is 72.8 Å². The van der Waals surface area contributed by atoms with Crippen molar-refractivity contribution in [2.24, 2.45) is 0 Å². The van der Waals surface area contributed by atoms with Crippen LogP contribution < -0.4 is 0 Å². The molecule has 32 heavy (non-hydrogen) atoms. The van der Waals surface area contributed by atoms with Gasteiger partial charge in [-0.3, -0.25) is 0 Å². The average Bonchev–Trinajstić information content (AvgIpc) is 2.84. The van der Waals surface area contributed by atoms with E-state index in [1.807, 2.05) is 0 Å². The predicted molar refractivity (Wildman–Crippen MR) is 140 cm³/mol. The molecule has 0 bridgehead atoms. The zero-order chi connectivity index (χ0) is 20.8. The molecule has 0 spiro atoms. The van der Waals surface area contributed by atoms with Gasteiger partial charge in [0.1, 0.15) is 0 Å². The number of hydrogen-bond donors (Lipinski definition) is 0. The number of rotatable bonds is 0. The summed E-state index contributed by atoms with van der Waals surface area (Å²) in [4.78, 5) is 0. The van der Waals surface area contributed by atoms with Gasteiger partial charge in [-0.25, -0.2) is 0 Å². The lowest BCUT2D eigenvalue weighted by atomic mass is 9.87. The first-order chi connectivity index (χ1) is 15.8. The summed E-state index contributed by atoms with van der Waals surface area (Å²) in [5.41, 5.74) is 0. The Morgan fingerprint density at radius 3 is 1.06 bits per heavy atom. The number of fused-ring (bicyclic) bond motifs is 6. The minimum absolute atomic E-state index is 1.30. The van der Waals surface area contributed by atoms with E-state index in [2.05, 4.69) is 109 Å². The monoisotopic (exact) mass is 402 g/mol. The van der Waals surface area contributed by atoms with Crippen LogP contribution in [0, 0.1) is 0 Å². The first-order valence-electron chi connectivity index (χ1n) is 11.2. The minimum Gasteiger partial charge on any atom is -0.0616 e. The van der Waals surface area contributed by atoms with Crippen LogP contribution in [0.3, 0.4) is 0 Å². The molecule has 0 saturated heterocycles. The molecule has 146 valence electrons.